The number of piperazine rings is 1. The molecule has 1 atom stereocenters. The lowest BCUT2D eigenvalue weighted by Gasteiger charge is -2.33. The lowest BCUT2D eigenvalue weighted by atomic mass is 10.1. The van der Waals surface area contributed by atoms with Crippen LogP contribution in [0.2, 0.25) is 0 Å². The molecule has 3 amide bonds. The van der Waals surface area contributed by atoms with Gasteiger partial charge in [0.1, 0.15) is 11.8 Å². The summed E-state index contributed by atoms with van der Waals surface area (Å²) in [5.74, 6) is -0.763. The zero-order valence-corrected chi connectivity index (χ0v) is 15.2. The molecule has 1 unspecified atom stereocenters. The Kier molecular flexibility index (Phi) is 5.58. The number of benzene rings is 1. The van der Waals surface area contributed by atoms with Gasteiger partial charge in [-0.2, -0.15) is 5.10 Å². The lowest BCUT2D eigenvalue weighted by Crippen LogP contribution is -2.52. The minimum Gasteiger partial charge on any atom is -0.450 e. The van der Waals surface area contributed by atoms with Gasteiger partial charge in [-0.05, 0) is 19.1 Å². The first-order chi connectivity index (χ1) is 13.0. The smallest absolute Gasteiger partial charge is 0.409 e. The fraction of sp³-hybridized carbons (Fsp3) is 0.444. The molecule has 2 aliphatic heterocycles. The van der Waals surface area contributed by atoms with Gasteiger partial charge in [0.05, 0.1) is 12.3 Å². The fourth-order valence-corrected chi connectivity index (χ4v) is 3.17. The molecule has 1 saturated heterocycles. The lowest BCUT2D eigenvalue weighted by molar-refractivity contribution is -0.125. The zero-order valence-electron chi connectivity index (χ0n) is 15.2. The van der Waals surface area contributed by atoms with Crippen LogP contribution in [0.3, 0.4) is 0 Å². The van der Waals surface area contributed by atoms with Crippen molar-refractivity contribution < 1.29 is 19.1 Å². The van der Waals surface area contributed by atoms with Crippen molar-refractivity contribution in [2.45, 2.75) is 19.4 Å². The number of para-hydroxylation sites is 1. The van der Waals surface area contributed by atoms with E-state index in [1.165, 1.54) is 5.01 Å². The van der Waals surface area contributed by atoms with Crippen molar-refractivity contribution in [1.82, 2.24) is 9.80 Å². The predicted molar refractivity (Wildman–Crippen MR) is 99.1 cm³/mol. The molecule has 0 bridgehead atoms. The first-order valence-corrected chi connectivity index (χ1v) is 8.93. The molecule has 0 radical (unpaired) electrons. The highest BCUT2D eigenvalue weighted by molar-refractivity contribution is 6.40. The maximum absolute atomic E-state index is 12.8. The van der Waals surface area contributed by atoms with Crippen LogP contribution < -0.4 is 10.7 Å². The number of carbonyl (C=O) groups excluding carboxylic acids is 3. The largest absolute Gasteiger partial charge is 0.450 e. The number of hydrazone groups is 1. The summed E-state index contributed by atoms with van der Waals surface area (Å²) in [5.41, 5.74) is 6.51. The summed E-state index contributed by atoms with van der Waals surface area (Å²) in [6.07, 6.45) is -0.201. The topological polar surface area (TPSA) is 109 Å². The second-order valence-corrected chi connectivity index (χ2v) is 6.33. The number of amides is 3. The van der Waals surface area contributed by atoms with Crippen molar-refractivity contribution in [3.63, 3.8) is 0 Å². The summed E-state index contributed by atoms with van der Waals surface area (Å²) in [7, 11) is 0. The number of primary amides is 1. The third-order valence-electron chi connectivity index (χ3n) is 4.60. The van der Waals surface area contributed by atoms with Gasteiger partial charge < -0.3 is 20.3 Å². The van der Waals surface area contributed by atoms with E-state index in [2.05, 4.69) is 5.10 Å². The van der Waals surface area contributed by atoms with Gasteiger partial charge in [0.2, 0.25) is 5.91 Å². The van der Waals surface area contributed by atoms with Crippen LogP contribution in [0.25, 0.3) is 0 Å². The van der Waals surface area contributed by atoms with Gasteiger partial charge in [0.25, 0.3) is 5.91 Å². The van der Waals surface area contributed by atoms with Gasteiger partial charge in [-0.25, -0.2) is 4.79 Å². The number of nitrogens with zero attached hydrogens (tertiary/aromatic N) is 4. The molecule has 1 aromatic rings. The van der Waals surface area contributed by atoms with E-state index in [4.69, 9.17) is 10.5 Å². The van der Waals surface area contributed by atoms with Crippen molar-refractivity contribution >= 4 is 29.3 Å². The van der Waals surface area contributed by atoms with Crippen molar-refractivity contribution in [1.29, 1.82) is 0 Å². The van der Waals surface area contributed by atoms with E-state index in [0.717, 1.165) is 0 Å². The van der Waals surface area contributed by atoms with Crippen LogP contribution >= 0.6 is 0 Å². The monoisotopic (exact) mass is 373 g/mol. The summed E-state index contributed by atoms with van der Waals surface area (Å²) >= 11 is 0. The number of nitrogens with two attached hydrogens (primary N) is 1. The van der Waals surface area contributed by atoms with Crippen LogP contribution in [0.5, 0.6) is 0 Å². The Labute approximate surface area is 157 Å². The molecular formula is C18H23N5O4. The Morgan fingerprint density at radius 3 is 2.33 bits per heavy atom. The molecule has 0 aromatic heterocycles. The highest BCUT2D eigenvalue weighted by Crippen LogP contribution is 2.25. The average Bonchev–Trinajstić information content (AvgIpc) is 3.14. The molecule has 0 spiro atoms. The number of anilines is 1. The van der Waals surface area contributed by atoms with Gasteiger partial charge in [-0.15, -0.1) is 0 Å². The van der Waals surface area contributed by atoms with Gasteiger partial charge in [0.15, 0.2) is 0 Å². The van der Waals surface area contributed by atoms with Crippen LogP contribution in [0.4, 0.5) is 10.5 Å². The van der Waals surface area contributed by atoms with E-state index < -0.39 is 11.9 Å². The van der Waals surface area contributed by atoms with E-state index in [9.17, 15) is 14.4 Å². The molecule has 27 heavy (non-hydrogen) atoms. The maximum atomic E-state index is 12.8. The van der Waals surface area contributed by atoms with Crippen LogP contribution in [0.15, 0.2) is 35.4 Å². The molecule has 2 heterocycles. The highest BCUT2D eigenvalue weighted by Gasteiger charge is 2.37. The number of hydrogen-bond donors (Lipinski definition) is 1. The van der Waals surface area contributed by atoms with Gasteiger partial charge >= 0.3 is 6.09 Å². The SMILES string of the molecule is CCOC(=O)N1CCN(C(=O)C2=NN(c3ccccc3)C(C(N)=O)C2)CC1. The third kappa shape index (κ3) is 4.02. The minimum atomic E-state index is -0.688. The summed E-state index contributed by atoms with van der Waals surface area (Å²) in [5, 5.41) is 5.88. The Bertz CT molecular complexity index is 743. The standard InChI is InChI=1S/C18H23N5O4/c1-2-27-18(26)22-10-8-21(9-11-22)17(25)14-12-15(16(19)24)23(20-14)13-6-4-3-5-7-13/h3-7,15H,2,8-12H2,1H3,(H2,19,24). The Hall–Kier alpha value is -3.10. The fourth-order valence-electron chi connectivity index (χ4n) is 3.17. The van der Waals surface area contributed by atoms with Crippen LogP contribution in [-0.4, -0.2) is 72.2 Å². The summed E-state index contributed by atoms with van der Waals surface area (Å²) in [6.45, 7) is 3.66. The summed E-state index contributed by atoms with van der Waals surface area (Å²) in [6, 6.07) is 8.45. The van der Waals surface area contributed by atoms with Gasteiger partial charge in [0, 0.05) is 32.6 Å². The molecule has 0 saturated carbocycles. The van der Waals surface area contributed by atoms with E-state index in [1.807, 2.05) is 30.3 Å². The predicted octanol–water partition coefficient (Wildman–Crippen LogP) is 0.407. The van der Waals surface area contributed by atoms with Gasteiger partial charge in [-0.3, -0.25) is 14.6 Å². The van der Waals surface area contributed by atoms with E-state index in [0.29, 0.717) is 44.2 Å². The van der Waals surface area contributed by atoms with Crippen molar-refractivity contribution in [3.8, 4) is 0 Å². The minimum absolute atomic E-state index is 0.168. The molecule has 1 fully saturated rings. The quantitative estimate of drug-likeness (QED) is 0.822. The number of ether oxygens (including phenoxy) is 1. The maximum Gasteiger partial charge on any atom is 0.409 e. The molecule has 3 rings (SSSR count). The van der Waals surface area contributed by atoms with Crippen molar-refractivity contribution in [2.24, 2.45) is 10.8 Å². The summed E-state index contributed by atoms with van der Waals surface area (Å²) < 4.78 is 4.98. The summed E-state index contributed by atoms with van der Waals surface area (Å²) in [4.78, 5) is 39.6. The Morgan fingerprint density at radius 1 is 1.11 bits per heavy atom. The number of hydrogen-bond acceptors (Lipinski definition) is 6. The van der Waals surface area contributed by atoms with E-state index in [1.54, 1.807) is 16.7 Å². The van der Waals surface area contributed by atoms with Crippen molar-refractivity contribution in [3.05, 3.63) is 30.3 Å². The highest BCUT2D eigenvalue weighted by atomic mass is 16.6. The third-order valence-corrected chi connectivity index (χ3v) is 4.60. The van der Waals surface area contributed by atoms with E-state index in [-0.39, 0.29) is 18.4 Å². The van der Waals surface area contributed by atoms with Crippen LogP contribution in [0.1, 0.15) is 13.3 Å². The van der Waals surface area contributed by atoms with Crippen molar-refractivity contribution in [2.75, 3.05) is 37.8 Å². The number of carbonyl (C=O) groups is 3. The first-order valence-electron chi connectivity index (χ1n) is 8.93. The Balaban J connectivity index is 1.68. The van der Waals surface area contributed by atoms with Gasteiger partial charge in [-0.1, -0.05) is 18.2 Å². The van der Waals surface area contributed by atoms with Crippen LogP contribution in [0, 0.1) is 0 Å². The average molecular weight is 373 g/mol. The number of rotatable bonds is 4. The zero-order chi connectivity index (χ0) is 19.4. The Morgan fingerprint density at radius 2 is 1.74 bits per heavy atom. The first kappa shape index (κ1) is 18.7. The molecule has 0 aliphatic carbocycles. The molecule has 144 valence electrons. The molecule has 9 heteroatoms. The molecular weight excluding hydrogens is 350 g/mol. The normalized spacial score (nSPS) is 19.7. The van der Waals surface area contributed by atoms with E-state index >= 15 is 0 Å². The second kappa shape index (κ2) is 8.07. The second-order valence-electron chi connectivity index (χ2n) is 6.33. The molecule has 2 aliphatic rings. The molecule has 2 N–H and O–H groups in total. The molecule has 1 aromatic carbocycles. The van der Waals surface area contributed by atoms with Crippen LogP contribution in [-0.2, 0) is 14.3 Å². The molecule has 9 nitrogen and oxygen atoms in total.